The largest absolute Gasteiger partial charge is 0.457 e. The first kappa shape index (κ1) is 14.6. The molecule has 0 saturated carbocycles. The minimum absolute atomic E-state index is 0.246. The molecule has 0 saturated heterocycles. The number of rotatable bonds is 1. The zero-order chi connectivity index (χ0) is 17.1. The lowest BCUT2D eigenvalue weighted by Gasteiger charge is -2.17. The number of fused-ring (bicyclic) bond motifs is 5. The number of hydrogen-bond donors (Lipinski definition) is 0. The van der Waals surface area contributed by atoms with Crippen molar-refractivity contribution in [2.24, 2.45) is 0 Å². The average molecular weight is 322 g/mol. The molecule has 5 rings (SSSR count). The molecule has 4 aromatic rings. The molecule has 1 aromatic heterocycles. The maximum Gasteiger partial charge on any atom is 0.248 e. The average Bonchev–Trinajstić information content (AvgIpc) is 3.10. The van der Waals surface area contributed by atoms with Gasteiger partial charge in [0, 0.05) is 10.9 Å². The highest BCUT2D eigenvalue weighted by atomic mass is 16.3. The Hall–Kier alpha value is -2.74. The smallest absolute Gasteiger partial charge is 0.248 e. The van der Waals surface area contributed by atoms with Gasteiger partial charge in [-0.15, -0.1) is 0 Å². The molecule has 0 radical (unpaired) electrons. The fourth-order valence-corrected chi connectivity index (χ4v) is 4.61. The van der Waals surface area contributed by atoms with E-state index in [-0.39, 0.29) is 6.71 Å². The lowest BCUT2D eigenvalue weighted by Crippen LogP contribution is -2.51. The summed E-state index contributed by atoms with van der Waals surface area (Å²) in [6, 6.07) is 21.7. The summed E-state index contributed by atoms with van der Waals surface area (Å²) in [4.78, 5) is 0. The van der Waals surface area contributed by atoms with Crippen molar-refractivity contribution in [2.75, 3.05) is 0 Å². The van der Waals surface area contributed by atoms with Crippen LogP contribution < -0.4 is 16.4 Å². The van der Waals surface area contributed by atoms with Crippen LogP contribution in [0.4, 0.5) is 0 Å². The Morgan fingerprint density at radius 3 is 2.24 bits per heavy atom. The first-order valence-electron chi connectivity index (χ1n) is 8.83. The maximum atomic E-state index is 6.29. The van der Waals surface area contributed by atoms with Gasteiger partial charge in [0.1, 0.15) is 11.3 Å². The Kier molecular flexibility index (Phi) is 2.99. The van der Waals surface area contributed by atoms with E-state index in [1.165, 1.54) is 44.0 Å². The molecule has 3 aromatic carbocycles. The Balaban J connectivity index is 1.90. The first-order valence-corrected chi connectivity index (χ1v) is 8.83. The SMILES string of the molecule is Cc1cc(C)c(B2c3ccccc3-c3oc4ccccc4c32)c(C)c1. The third-order valence-corrected chi connectivity index (χ3v) is 5.47. The van der Waals surface area contributed by atoms with Crippen LogP contribution in [0.3, 0.4) is 0 Å². The molecule has 1 aliphatic rings. The van der Waals surface area contributed by atoms with E-state index in [2.05, 4.69) is 75.4 Å². The second-order valence-corrected chi connectivity index (χ2v) is 7.17. The van der Waals surface area contributed by atoms with Gasteiger partial charge in [-0.2, -0.15) is 0 Å². The Bertz CT molecular complexity index is 1110. The molecule has 0 spiro atoms. The normalized spacial score (nSPS) is 12.5. The quantitative estimate of drug-likeness (QED) is 0.427. The van der Waals surface area contributed by atoms with Gasteiger partial charge in [-0.05, 0) is 32.3 Å². The Labute approximate surface area is 148 Å². The van der Waals surface area contributed by atoms with Crippen molar-refractivity contribution in [3.05, 3.63) is 77.4 Å². The van der Waals surface area contributed by atoms with E-state index < -0.39 is 0 Å². The monoisotopic (exact) mass is 322 g/mol. The lowest BCUT2D eigenvalue weighted by atomic mass is 9.37. The van der Waals surface area contributed by atoms with Crippen molar-refractivity contribution in [3.8, 4) is 11.3 Å². The van der Waals surface area contributed by atoms with Gasteiger partial charge in [-0.3, -0.25) is 0 Å². The van der Waals surface area contributed by atoms with Gasteiger partial charge in [-0.1, -0.05) is 82.2 Å². The van der Waals surface area contributed by atoms with Crippen LogP contribution in [0.1, 0.15) is 16.7 Å². The van der Waals surface area contributed by atoms with E-state index in [1.54, 1.807) is 0 Å². The van der Waals surface area contributed by atoms with Crippen LogP contribution in [-0.2, 0) is 0 Å². The molecule has 120 valence electrons. The summed E-state index contributed by atoms with van der Waals surface area (Å²) in [6.45, 7) is 6.89. The molecule has 0 atom stereocenters. The molecule has 0 bridgehead atoms. The van der Waals surface area contributed by atoms with Gasteiger partial charge in [0.15, 0.2) is 0 Å². The van der Waals surface area contributed by atoms with Crippen LogP contribution in [0.5, 0.6) is 0 Å². The Morgan fingerprint density at radius 2 is 1.44 bits per heavy atom. The predicted molar refractivity (Wildman–Crippen MR) is 107 cm³/mol. The van der Waals surface area contributed by atoms with Gasteiger partial charge < -0.3 is 4.42 Å². The zero-order valence-corrected chi connectivity index (χ0v) is 14.8. The molecule has 0 amide bonds. The molecule has 0 aliphatic carbocycles. The van der Waals surface area contributed by atoms with Crippen molar-refractivity contribution >= 4 is 34.1 Å². The van der Waals surface area contributed by atoms with Gasteiger partial charge >= 0.3 is 0 Å². The number of benzene rings is 3. The molecule has 0 unspecified atom stereocenters. The summed E-state index contributed by atoms with van der Waals surface area (Å²) in [6.07, 6.45) is 0. The fraction of sp³-hybridized carbons (Fsp3) is 0.130. The Morgan fingerprint density at radius 1 is 0.760 bits per heavy atom. The van der Waals surface area contributed by atoms with Crippen molar-refractivity contribution in [1.29, 1.82) is 0 Å². The first-order chi connectivity index (χ1) is 12.1. The van der Waals surface area contributed by atoms with E-state index >= 15 is 0 Å². The molecule has 1 nitrogen and oxygen atoms in total. The van der Waals surface area contributed by atoms with Crippen LogP contribution >= 0.6 is 0 Å². The van der Waals surface area contributed by atoms with E-state index in [0.717, 1.165) is 11.3 Å². The molecule has 0 fully saturated rings. The summed E-state index contributed by atoms with van der Waals surface area (Å²) in [5.41, 5.74) is 10.4. The van der Waals surface area contributed by atoms with Gasteiger partial charge in [0.2, 0.25) is 6.71 Å². The fourth-order valence-electron chi connectivity index (χ4n) is 4.61. The standard InChI is InChI=1S/C23H19BO/c1-14-12-15(2)21(16(3)13-14)24-19-10-6-4-8-17(19)23-22(24)18-9-5-7-11-20(18)25-23/h4-13H,1-3H3. The van der Waals surface area contributed by atoms with E-state index in [0.29, 0.717) is 0 Å². The summed E-state index contributed by atoms with van der Waals surface area (Å²) < 4.78 is 6.29. The predicted octanol–water partition coefficient (Wildman–Crippen LogP) is 3.85. The van der Waals surface area contributed by atoms with Crippen LogP contribution in [0.15, 0.2) is 65.1 Å². The highest BCUT2D eigenvalue weighted by Gasteiger charge is 2.39. The van der Waals surface area contributed by atoms with Gasteiger partial charge in [-0.25, -0.2) is 0 Å². The van der Waals surface area contributed by atoms with E-state index in [1.807, 2.05) is 6.07 Å². The minimum Gasteiger partial charge on any atom is -0.457 e. The van der Waals surface area contributed by atoms with Crippen LogP contribution in [0.25, 0.3) is 22.3 Å². The number of furan rings is 1. The molecule has 1 aliphatic heterocycles. The molecule has 2 heterocycles. The molecule has 0 N–H and O–H groups in total. The van der Waals surface area contributed by atoms with Crippen LogP contribution in [-0.4, -0.2) is 6.71 Å². The second-order valence-electron chi connectivity index (χ2n) is 7.17. The van der Waals surface area contributed by atoms with Crippen molar-refractivity contribution in [1.82, 2.24) is 0 Å². The summed E-state index contributed by atoms with van der Waals surface area (Å²) in [5, 5.41) is 1.23. The molecular formula is C23H19BO. The summed E-state index contributed by atoms with van der Waals surface area (Å²) >= 11 is 0. The third-order valence-electron chi connectivity index (χ3n) is 5.47. The van der Waals surface area contributed by atoms with Gasteiger partial charge in [0.05, 0.1) is 0 Å². The molecule has 2 heteroatoms. The molecular weight excluding hydrogens is 303 g/mol. The van der Waals surface area contributed by atoms with E-state index in [4.69, 9.17) is 4.42 Å². The highest BCUT2D eigenvalue weighted by molar-refractivity contribution is 7.00. The maximum absolute atomic E-state index is 6.29. The number of para-hydroxylation sites is 1. The summed E-state index contributed by atoms with van der Waals surface area (Å²) in [5.74, 6) is 1.04. The molecule has 25 heavy (non-hydrogen) atoms. The zero-order valence-electron chi connectivity index (χ0n) is 14.8. The minimum atomic E-state index is 0.246. The van der Waals surface area contributed by atoms with Crippen molar-refractivity contribution < 1.29 is 4.42 Å². The van der Waals surface area contributed by atoms with Crippen LogP contribution in [0.2, 0.25) is 0 Å². The second kappa shape index (κ2) is 5.13. The van der Waals surface area contributed by atoms with E-state index in [9.17, 15) is 0 Å². The van der Waals surface area contributed by atoms with Crippen LogP contribution in [0, 0.1) is 20.8 Å². The number of hydrogen-bond acceptors (Lipinski definition) is 1. The third kappa shape index (κ3) is 1.97. The van der Waals surface area contributed by atoms with Crippen molar-refractivity contribution in [3.63, 3.8) is 0 Å². The summed E-state index contributed by atoms with van der Waals surface area (Å²) in [7, 11) is 0. The topological polar surface area (TPSA) is 13.1 Å². The lowest BCUT2D eigenvalue weighted by molar-refractivity contribution is 0.635. The highest BCUT2D eigenvalue weighted by Crippen LogP contribution is 2.30. The van der Waals surface area contributed by atoms with Crippen molar-refractivity contribution in [2.45, 2.75) is 20.8 Å². The van der Waals surface area contributed by atoms with Gasteiger partial charge in [0.25, 0.3) is 0 Å². The number of aryl methyl sites for hydroxylation is 3.